The topological polar surface area (TPSA) is 193 Å². The van der Waals surface area contributed by atoms with E-state index >= 15 is 13.6 Å². The van der Waals surface area contributed by atoms with Crippen molar-refractivity contribution in [2.45, 2.75) is 69.0 Å². The molecule has 1 unspecified atom stereocenters. The van der Waals surface area contributed by atoms with E-state index in [-0.39, 0.29) is 35.4 Å². The molecule has 2 amide bonds. The molecule has 0 radical (unpaired) electrons. The first-order valence-electron chi connectivity index (χ1n) is 28.3. The number of amides is 2. The van der Waals surface area contributed by atoms with Gasteiger partial charge in [0.15, 0.2) is 5.82 Å². The smallest absolute Gasteiger partial charge is 0.301 e. The minimum absolute atomic E-state index is 0.0742. The Bertz CT molecular complexity index is 3890. The molecule has 9 aromatic rings. The molecule has 0 bridgehead atoms. The van der Waals surface area contributed by atoms with Crippen molar-refractivity contribution in [1.29, 1.82) is 0 Å². The highest BCUT2D eigenvalue weighted by Crippen LogP contribution is 2.45. The quantitative estimate of drug-likeness (QED) is 0.0445. The molecule has 20 heteroatoms. The third-order valence-corrected chi connectivity index (χ3v) is 18.3. The molecule has 5 aromatic carbocycles. The lowest BCUT2D eigenvalue weighted by Crippen LogP contribution is -2.47. The Hall–Kier alpha value is -9.14. The Balaban J connectivity index is 0.789. The number of imide groups is 1. The number of carbonyl (C=O) groups is 3. The van der Waals surface area contributed by atoms with Gasteiger partial charge in [0.25, 0.3) is 0 Å². The SMILES string of the molecule is CCN(C)S(=O)(=O)Nc1ccc(F)c(C(=O)c2cn(C(c3ccccc3)(c3ccccc3)c3ccccc3)c3ncc(-c4cnc(N5CCC(n6cc(N7CCC(c8ccc(NC9CCC(=O)NC9=O)cc8)CC7)cn6)CC5)nc4)cc23)c1F. The van der Waals surface area contributed by atoms with E-state index in [1.807, 2.05) is 114 Å². The van der Waals surface area contributed by atoms with Crippen molar-refractivity contribution in [3.63, 3.8) is 0 Å². The molecule has 1 atom stereocenters. The summed E-state index contributed by atoms with van der Waals surface area (Å²) in [6.45, 7) is 4.91. The van der Waals surface area contributed by atoms with E-state index in [1.54, 1.807) is 37.8 Å². The molecular formula is C64H62F2N12O5S. The number of rotatable bonds is 17. The lowest BCUT2D eigenvalue weighted by Gasteiger charge is -2.38. The van der Waals surface area contributed by atoms with Gasteiger partial charge in [0.2, 0.25) is 23.5 Å². The van der Waals surface area contributed by atoms with Crippen molar-refractivity contribution < 1.29 is 31.6 Å². The van der Waals surface area contributed by atoms with Gasteiger partial charge in [-0.2, -0.15) is 17.8 Å². The summed E-state index contributed by atoms with van der Waals surface area (Å²) in [6, 6.07) is 40.9. The zero-order valence-corrected chi connectivity index (χ0v) is 47.2. The number of aromatic nitrogens is 6. The number of pyridine rings is 1. The summed E-state index contributed by atoms with van der Waals surface area (Å²) in [5.41, 5.74) is 4.37. The number of carbonyl (C=O) groups excluding carboxylic acids is 3. The summed E-state index contributed by atoms with van der Waals surface area (Å²) in [4.78, 5) is 58.3. The fourth-order valence-corrected chi connectivity index (χ4v) is 13.0. The van der Waals surface area contributed by atoms with Crippen molar-refractivity contribution in [2.24, 2.45) is 0 Å². The Morgan fingerprint density at radius 2 is 1.33 bits per heavy atom. The van der Waals surface area contributed by atoms with Gasteiger partial charge in [-0.15, -0.1) is 0 Å². The Morgan fingerprint density at radius 3 is 1.94 bits per heavy atom. The fraction of sp³-hybridized carbons (Fsp3) is 0.266. The number of benzene rings is 5. The van der Waals surface area contributed by atoms with Gasteiger partial charge < -0.3 is 19.7 Å². The first-order valence-corrected chi connectivity index (χ1v) is 29.7. The molecule has 3 aliphatic heterocycles. The predicted molar refractivity (Wildman–Crippen MR) is 319 cm³/mol. The summed E-state index contributed by atoms with van der Waals surface area (Å²) in [5.74, 6) is -3.09. The molecule has 3 N–H and O–H groups in total. The molecule has 12 rings (SSSR count). The second-order valence-corrected chi connectivity index (χ2v) is 23.4. The molecule has 17 nitrogen and oxygen atoms in total. The summed E-state index contributed by atoms with van der Waals surface area (Å²) < 4.78 is 66.3. The predicted octanol–water partition coefficient (Wildman–Crippen LogP) is 10.1. The molecule has 0 aliphatic carbocycles. The van der Waals surface area contributed by atoms with Crippen LogP contribution in [0.1, 0.15) is 95.6 Å². The zero-order valence-electron chi connectivity index (χ0n) is 46.4. The van der Waals surface area contributed by atoms with Gasteiger partial charge >= 0.3 is 10.2 Å². The van der Waals surface area contributed by atoms with Crippen LogP contribution in [0.4, 0.5) is 31.8 Å². The molecule has 7 heterocycles. The second-order valence-electron chi connectivity index (χ2n) is 21.7. The number of hydrogen-bond donors (Lipinski definition) is 3. The van der Waals surface area contributed by atoms with Crippen LogP contribution < -0.4 is 25.2 Å². The van der Waals surface area contributed by atoms with E-state index in [0.717, 1.165) is 83.3 Å². The van der Waals surface area contributed by atoms with E-state index < -0.39 is 50.5 Å². The van der Waals surface area contributed by atoms with Gasteiger partial charge in [-0.3, -0.25) is 29.1 Å². The van der Waals surface area contributed by atoms with E-state index in [1.165, 1.54) is 12.6 Å². The molecule has 0 saturated carbocycles. The molecule has 84 heavy (non-hydrogen) atoms. The van der Waals surface area contributed by atoms with Crippen molar-refractivity contribution in [3.05, 3.63) is 216 Å². The first kappa shape index (κ1) is 55.4. The first-order chi connectivity index (χ1) is 40.8. The summed E-state index contributed by atoms with van der Waals surface area (Å²) in [5, 5.41) is 10.8. The molecular weight excluding hydrogens is 1090 g/mol. The van der Waals surface area contributed by atoms with Crippen LogP contribution in [0.2, 0.25) is 0 Å². The molecule has 428 valence electrons. The number of halogens is 2. The summed E-state index contributed by atoms with van der Waals surface area (Å²) in [6.07, 6.45) is 15.3. The van der Waals surface area contributed by atoms with Crippen LogP contribution in [-0.4, -0.2) is 105 Å². The third kappa shape index (κ3) is 10.7. The molecule has 0 spiro atoms. The lowest BCUT2D eigenvalue weighted by atomic mass is 9.76. The number of piperidine rings is 3. The number of hydrogen-bond acceptors (Lipinski definition) is 12. The largest absolute Gasteiger partial charge is 0.374 e. The van der Waals surface area contributed by atoms with E-state index in [4.69, 9.17) is 20.1 Å². The molecule has 3 aliphatic rings. The average molecular weight is 1150 g/mol. The number of nitrogens with one attached hydrogen (secondary N) is 3. The van der Waals surface area contributed by atoms with Gasteiger partial charge in [0.05, 0.1) is 34.7 Å². The van der Waals surface area contributed by atoms with E-state index in [9.17, 15) is 18.0 Å². The Kier molecular flexibility index (Phi) is 15.3. The highest BCUT2D eigenvalue weighted by molar-refractivity contribution is 7.90. The highest BCUT2D eigenvalue weighted by Gasteiger charge is 2.41. The summed E-state index contributed by atoms with van der Waals surface area (Å²) >= 11 is 0. The van der Waals surface area contributed by atoms with Crippen molar-refractivity contribution in [1.82, 2.24) is 38.9 Å². The zero-order chi connectivity index (χ0) is 58.1. The third-order valence-electron chi connectivity index (χ3n) is 16.7. The van der Waals surface area contributed by atoms with Crippen molar-refractivity contribution in [3.8, 4) is 11.1 Å². The summed E-state index contributed by atoms with van der Waals surface area (Å²) in [7, 11) is -2.94. The molecule has 3 saturated heterocycles. The van der Waals surface area contributed by atoms with Gasteiger partial charge in [-0.05, 0) is 90.6 Å². The fourth-order valence-electron chi connectivity index (χ4n) is 12.0. The van der Waals surface area contributed by atoms with Crippen LogP contribution in [0.3, 0.4) is 0 Å². The van der Waals surface area contributed by atoms with Gasteiger partial charge in [0.1, 0.15) is 23.0 Å². The molecule has 4 aromatic heterocycles. The maximum absolute atomic E-state index is 16.8. The van der Waals surface area contributed by atoms with Crippen molar-refractivity contribution >= 4 is 61.9 Å². The van der Waals surface area contributed by atoms with Crippen molar-refractivity contribution in [2.75, 3.05) is 59.6 Å². The highest BCUT2D eigenvalue weighted by atomic mass is 32.2. The Labute approximate surface area is 485 Å². The van der Waals surface area contributed by atoms with Crippen LogP contribution in [-0.2, 0) is 25.3 Å². The van der Waals surface area contributed by atoms with Gasteiger partial charge in [-0.25, -0.2) is 23.7 Å². The minimum atomic E-state index is -4.26. The molecule has 3 fully saturated rings. The van der Waals surface area contributed by atoms with E-state index in [2.05, 4.69) is 48.2 Å². The monoisotopic (exact) mass is 1150 g/mol. The van der Waals surface area contributed by atoms with Gasteiger partial charge in [-0.1, -0.05) is 110 Å². The minimum Gasteiger partial charge on any atom is -0.374 e. The lowest BCUT2D eigenvalue weighted by molar-refractivity contribution is -0.133. The van der Waals surface area contributed by atoms with Crippen LogP contribution in [0.5, 0.6) is 0 Å². The van der Waals surface area contributed by atoms with Crippen LogP contribution in [0.15, 0.2) is 171 Å². The maximum Gasteiger partial charge on any atom is 0.301 e. The standard InChI is InChI=1S/C64H62F2N12O5S/c1-3-74(2)84(82,83)73-55-24-23-54(65)58(59(55)66)60(80)53-41-77(64(46-13-7-4-8-14-46,47-15-9-5-10-16-47)48-17-11-6-12-18-48)61-52(53)35-44(36-67-61)45-37-68-63(69-38-45)76-33-29-50(30-34-76)78-40-51(39-70-78)75-31-27-43(28-32-75)42-19-21-49(22-20-42)71-56-25-26-57(79)72-62(56)81/h4-24,35-41,43,50,56,71,73H,3,25-34H2,1-2H3,(H,72,79,81). The van der Waals surface area contributed by atoms with Crippen LogP contribution >= 0.6 is 0 Å². The number of ketones is 1. The maximum atomic E-state index is 16.8. The van der Waals surface area contributed by atoms with E-state index in [0.29, 0.717) is 54.6 Å². The number of anilines is 4. The second kappa shape index (κ2) is 23.3. The normalized spacial score (nSPS) is 16.5. The number of nitrogens with zero attached hydrogens (tertiary/aromatic N) is 9. The average Bonchev–Trinajstić information content (AvgIpc) is 1.59. The number of fused-ring (bicyclic) bond motifs is 1. The van der Waals surface area contributed by atoms with Crippen LogP contribution in [0.25, 0.3) is 22.2 Å². The van der Waals surface area contributed by atoms with Gasteiger partial charge in [0, 0.05) is 99.4 Å². The Morgan fingerprint density at radius 1 is 0.726 bits per heavy atom. The van der Waals surface area contributed by atoms with Crippen LogP contribution in [0, 0.1) is 11.6 Å².